The van der Waals surface area contributed by atoms with E-state index in [0.717, 1.165) is 30.5 Å². The van der Waals surface area contributed by atoms with Gasteiger partial charge >= 0.3 is 6.18 Å². The van der Waals surface area contributed by atoms with Crippen molar-refractivity contribution < 1.29 is 17.9 Å². The lowest BCUT2D eigenvalue weighted by Crippen LogP contribution is -2.03. The molecule has 0 atom stereocenters. The number of rotatable bonds is 4. The van der Waals surface area contributed by atoms with Crippen molar-refractivity contribution in [2.75, 3.05) is 0 Å². The normalized spacial score (nSPS) is 11.4. The molecule has 4 heteroatoms. The molecule has 0 aliphatic rings. The first-order valence-electron chi connectivity index (χ1n) is 6.22. The summed E-state index contributed by atoms with van der Waals surface area (Å²) in [7, 11) is 0. The predicted octanol–water partition coefficient (Wildman–Crippen LogP) is 5.26. The third-order valence-corrected chi connectivity index (χ3v) is 2.78. The molecule has 0 amide bonds. The first-order valence-corrected chi connectivity index (χ1v) is 6.22. The number of benzene rings is 2. The van der Waals surface area contributed by atoms with Crippen LogP contribution in [0.1, 0.15) is 17.5 Å². The Bertz CT molecular complexity index is 559. The van der Waals surface area contributed by atoms with Crippen LogP contribution in [0.3, 0.4) is 0 Å². The van der Waals surface area contributed by atoms with E-state index in [-0.39, 0.29) is 0 Å². The predicted molar refractivity (Wildman–Crippen MR) is 71.6 cm³/mol. The van der Waals surface area contributed by atoms with Gasteiger partial charge in [0, 0.05) is 0 Å². The van der Waals surface area contributed by atoms with Crippen LogP contribution in [-0.2, 0) is 12.6 Å². The Hall–Kier alpha value is -1.97. The number of hydrogen-bond acceptors (Lipinski definition) is 1. The van der Waals surface area contributed by atoms with Gasteiger partial charge < -0.3 is 4.74 Å². The molecule has 0 aromatic heterocycles. The van der Waals surface area contributed by atoms with Gasteiger partial charge in [0.1, 0.15) is 11.5 Å². The second-order valence-corrected chi connectivity index (χ2v) is 4.38. The van der Waals surface area contributed by atoms with Crippen molar-refractivity contribution in [3.63, 3.8) is 0 Å². The van der Waals surface area contributed by atoms with E-state index in [9.17, 15) is 13.2 Å². The van der Waals surface area contributed by atoms with Crippen LogP contribution in [0.2, 0.25) is 0 Å². The number of hydrogen-bond donors (Lipinski definition) is 0. The molecule has 0 heterocycles. The van der Waals surface area contributed by atoms with Crippen LogP contribution >= 0.6 is 0 Å². The second kappa shape index (κ2) is 5.99. The number of halogens is 3. The molecule has 0 saturated heterocycles. The summed E-state index contributed by atoms with van der Waals surface area (Å²) >= 11 is 0. The van der Waals surface area contributed by atoms with Crippen molar-refractivity contribution in [2.24, 2.45) is 0 Å². The van der Waals surface area contributed by atoms with Gasteiger partial charge in [0.05, 0.1) is 5.56 Å². The highest BCUT2D eigenvalue weighted by molar-refractivity contribution is 5.35. The summed E-state index contributed by atoms with van der Waals surface area (Å²) in [6, 6.07) is 12.1. The van der Waals surface area contributed by atoms with Crippen molar-refractivity contribution in [3.05, 3.63) is 66.6 Å². The van der Waals surface area contributed by atoms with Crippen LogP contribution in [0.5, 0.6) is 11.5 Å². The molecular weight excluding hydrogens is 265 g/mol. The summed E-state index contributed by atoms with van der Waals surface area (Å²) in [5, 5.41) is 0. The quantitative estimate of drug-likeness (QED) is 0.741. The average Bonchev–Trinajstić information content (AvgIpc) is 2.39. The zero-order valence-electron chi connectivity index (χ0n) is 10.8. The van der Waals surface area contributed by atoms with E-state index in [1.807, 2.05) is 18.2 Å². The Balaban J connectivity index is 2.12. The van der Waals surface area contributed by atoms with E-state index in [1.54, 1.807) is 6.07 Å². The number of alkyl halides is 3. The molecule has 0 aliphatic heterocycles. The van der Waals surface area contributed by atoms with Crippen molar-refractivity contribution in [3.8, 4) is 11.5 Å². The summed E-state index contributed by atoms with van der Waals surface area (Å²) in [5.41, 5.74) is 0.403. The van der Waals surface area contributed by atoms with E-state index in [0.29, 0.717) is 11.5 Å². The van der Waals surface area contributed by atoms with Gasteiger partial charge in [-0.15, -0.1) is 0 Å². The summed E-state index contributed by atoms with van der Waals surface area (Å²) in [5.74, 6) is 0.987. The zero-order valence-corrected chi connectivity index (χ0v) is 10.8. The molecule has 0 unspecified atom stereocenters. The summed E-state index contributed by atoms with van der Waals surface area (Å²) in [6.07, 6.45) is -2.71. The largest absolute Gasteiger partial charge is 0.457 e. The van der Waals surface area contributed by atoms with Crippen LogP contribution in [0.4, 0.5) is 13.2 Å². The topological polar surface area (TPSA) is 9.23 Å². The van der Waals surface area contributed by atoms with E-state index < -0.39 is 11.7 Å². The summed E-state index contributed by atoms with van der Waals surface area (Å²) in [6.45, 7) is 3.78. The lowest BCUT2D eigenvalue weighted by molar-refractivity contribution is -0.137. The Morgan fingerprint density at radius 3 is 2.25 bits per heavy atom. The molecule has 0 saturated carbocycles. The Morgan fingerprint density at radius 2 is 1.65 bits per heavy atom. The minimum Gasteiger partial charge on any atom is -0.457 e. The Kier molecular flexibility index (Phi) is 4.32. The maximum Gasteiger partial charge on any atom is 0.416 e. The van der Waals surface area contributed by atoms with E-state index in [1.165, 1.54) is 12.1 Å². The SMILES string of the molecule is [CH2]CCc1cccc(Oc2ccc(C(F)(F)F)cc2)c1. The van der Waals surface area contributed by atoms with Crippen LogP contribution in [-0.4, -0.2) is 0 Å². The molecule has 0 spiro atoms. The average molecular weight is 279 g/mol. The minimum atomic E-state index is -4.33. The van der Waals surface area contributed by atoms with Crippen molar-refractivity contribution in [1.29, 1.82) is 0 Å². The standard InChI is InChI=1S/C16H14F3O/c1-2-4-12-5-3-6-15(11-12)20-14-9-7-13(8-10-14)16(17,18)19/h3,5-11H,1-2,4H2. The second-order valence-electron chi connectivity index (χ2n) is 4.38. The monoisotopic (exact) mass is 279 g/mol. The fourth-order valence-corrected chi connectivity index (χ4v) is 1.82. The highest BCUT2D eigenvalue weighted by Gasteiger charge is 2.30. The van der Waals surface area contributed by atoms with E-state index >= 15 is 0 Å². The summed E-state index contributed by atoms with van der Waals surface area (Å²) < 4.78 is 42.9. The van der Waals surface area contributed by atoms with Crippen molar-refractivity contribution in [2.45, 2.75) is 19.0 Å². The molecule has 1 radical (unpaired) electrons. The smallest absolute Gasteiger partial charge is 0.416 e. The highest BCUT2D eigenvalue weighted by atomic mass is 19.4. The van der Waals surface area contributed by atoms with Crippen LogP contribution < -0.4 is 4.74 Å². The number of ether oxygens (including phenoxy) is 1. The molecule has 0 fully saturated rings. The Labute approximate surface area is 116 Å². The fraction of sp³-hybridized carbons (Fsp3) is 0.188. The molecule has 0 aliphatic carbocycles. The maximum absolute atomic E-state index is 12.4. The molecular formula is C16H14F3O. The van der Waals surface area contributed by atoms with Gasteiger partial charge in [0.25, 0.3) is 0 Å². The molecule has 1 nitrogen and oxygen atoms in total. The molecule has 105 valence electrons. The molecule has 2 rings (SSSR count). The third kappa shape index (κ3) is 3.76. The van der Waals surface area contributed by atoms with Crippen LogP contribution in [0.25, 0.3) is 0 Å². The van der Waals surface area contributed by atoms with Gasteiger partial charge in [-0.25, -0.2) is 0 Å². The van der Waals surface area contributed by atoms with Gasteiger partial charge in [0.15, 0.2) is 0 Å². The maximum atomic E-state index is 12.4. The highest BCUT2D eigenvalue weighted by Crippen LogP contribution is 2.31. The van der Waals surface area contributed by atoms with Gasteiger partial charge in [-0.2, -0.15) is 13.2 Å². The first-order chi connectivity index (χ1) is 9.49. The third-order valence-electron chi connectivity index (χ3n) is 2.78. The molecule has 2 aromatic rings. The van der Waals surface area contributed by atoms with E-state index in [4.69, 9.17) is 4.74 Å². The molecule has 2 aromatic carbocycles. The van der Waals surface area contributed by atoms with Crippen molar-refractivity contribution in [1.82, 2.24) is 0 Å². The summed E-state index contributed by atoms with van der Waals surface area (Å²) in [4.78, 5) is 0. The molecule has 20 heavy (non-hydrogen) atoms. The first kappa shape index (κ1) is 14.4. The van der Waals surface area contributed by atoms with Crippen LogP contribution in [0, 0.1) is 6.92 Å². The number of aryl methyl sites for hydroxylation is 1. The van der Waals surface area contributed by atoms with Gasteiger partial charge in [-0.1, -0.05) is 19.1 Å². The minimum absolute atomic E-state index is 0.379. The van der Waals surface area contributed by atoms with Gasteiger partial charge in [-0.3, -0.25) is 0 Å². The lowest BCUT2D eigenvalue weighted by atomic mass is 10.1. The molecule has 0 bridgehead atoms. The Morgan fingerprint density at radius 1 is 0.950 bits per heavy atom. The molecule has 0 N–H and O–H groups in total. The van der Waals surface area contributed by atoms with Gasteiger partial charge in [0.2, 0.25) is 0 Å². The lowest BCUT2D eigenvalue weighted by Gasteiger charge is -2.09. The van der Waals surface area contributed by atoms with E-state index in [2.05, 4.69) is 6.92 Å². The zero-order chi connectivity index (χ0) is 14.6. The van der Waals surface area contributed by atoms with Gasteiger partial charge in [-0.05, 0) is 54.8 Å². The fourth-order valence-electron chi connectivity index (χ4n) is 1.82. The van der Waals surface area contributed by atoms with Crippen molar-refractivity contribution >= 4 is 0 Å². The van der Waals surface area contributed by atoms with Crippen LogP contribution in [0.15, 0.2) is 48.5 Å².